The summed E-state index contributed by atoms with van der Waals surface area (Å²) in [4.78, 5) is 7.33. The molecule has 4 rings (SSSR count). The summed E-state index contributed by atoms with van der Waals surface area (Å²) in [5.74, 6) is 2.74. The monoisotopic (exact) mass is 332 g/mol. The molecular formula is C22H24N2O. The average molecular weight is 332 g/mol. The van der Waals surface area contributed by atoms with Crippen molar-refractivity contribution in [3.63, 3.8) is 0 Å². The highest BCUT2D eigenvalue weighted by Gasteiger charge is 2.17. The lowest BCUT2D eigenvalue weighted by Crippen LogP contribution is -2.33. The Balaban J connectivity index is 1.59. The smallest absolute Gasteiger partial charge is 0.146 e. The number of ether oxygens (including phenoxy) is 1. The maximum absolute atomic E-state index is 6.08. The first-order valence-electron chi connectivity index (χ1n) is 9.11. The summed E-state index contributed by atoms with van der Waals surface area (Å²) < 4.78 is 6.08. The summed E-state index contributed by atoms with van der Waals surface area (Å²) in [6.45, 7) is 5.08. The van der Waals surface area contributed by atoms with Gasteiger partial charge in [0.1, 0.15) is 23.7 Å². The molecule has 3 aromatic rings. The summed E-state index contributed by atoms with van der Waals surface area (Å²) in [5, 5.41) is 1.12. The van der Waals surface area contributed by atoms with E-state index < -0.39 is 0 Å². The van der Waals surface area contributed by atoms with E-state index in [0.29, 0.717) is 6.61 Å². The van der Waals surface area contributed by atoms with Gasteiger partial charge in [-0.15, -0.1) is 0 Å². The van der Waals surface area contributed by atoms with E-state index in [4.69, 9.17) is 9.72 Å². The van der Waals surface area contributed by atoms with Crippen LogP contribution in [0, 0.1) is 5.92 Å². The normalized spacial score (nSPS) is 15.5. The molecule has 0 radical (unpaired) electrons. The van der Waals surface area contributed by atoms with Crippen molar-refractivity contribution in [2.45, 2.75) is 26.4 Å². The second kappa shape index (κ2) is 7.14. The van der Waals surface area contributed by atoms with Crippen molar-refractivity contribution in [1.29, 1.82) is 0 Å². The minimum absolute atomic E-state index is 0.563. The zero-order valence-corrected chi connectivity index (χ0v) is 14.7. The van der Waals surface area contributed by atoms with E-state index in [-0.39, 0.29) is 0 Å². The molecule has 0 unspecified atom stereocenters. The summed E-state index contributed by atoms with van der Waals surface area (Å²) in [7, 11) is 0. The van der Waals surface area contributed by atoms with Gasteiger partial charge in [-0.25, -0.2) is 4.98 Å². The zero-order valence-electron chi connectivity index (χ0n) is 14.7. The van der Waals surface area contributed by atoms with E-state index in [0.717, 1.165) is 41.5 Å². The van der Waals surface area contributed by atoms with Crippen LogP contribution >= 0.6 is 0 Å². The van der Waals surface area contributed by atoms with Crippen LogP contribution in [0.1, 0.15) is 25.3 Å². The Bertz CT molecular complexity index is 839. The number of hydrogen-bond donors (Lipinski definition) is 0. The predicted octanol–water partition coefficient (Wildman–Crippen LogP) is 5.05. The van der Waals surface area contributed by atoms with E-state index >= 15 is 0 Å². The fourth-order valence-corrected chi connectivity index (χ4v) is 3.38. The molecule has 3 heteroatoms. The summed E-state index contributed by atoms with van der Waals surface area (Å²) in [6.07, 6.45) is 2.48. The van der Waals surface area contributed by atoms with Gasteiger partial charge in [0.2, 0.25) is 0 Å². The Morgan fingerprint density at radius 2 is 1.76 bits per heavy atom. The Kier molecular flexibility index (Phi) is 4.55. The van der Waals surface area contributed by atoms with Gasteiger partial charge in [-0.3, -0.25) is 0 Å². The standard InChI is InChI=1S/C22H24N2O/c1-17-12-14-24(15-13-17)21-11-10-19-8-5-9-20(22(19)23-21)25-16-18-6-3-2-4-7-18/h2-11,17H,12-16H2,1H3. The fraction of sp³-hybridized carbons (Fsp3) is 0.318. The van der Waals surface area contributed by atoms with Crippen molar-refractivity contribution in [1.82, 2.24) is 4.98 Å². The topological polar surface area (TPSA) is 25.4 Å². The van der Waals surface area contributed by atoms with Crippen LogP contribution in [0.5, 0.6) is 5.75 Å². The molecule has 128 valence electrons. The van der Waals surface area contributed by atoms with Crippen molar-refractivity contribution >= 4 is 16.7 Å². The van der Waals surface area contributed by atoms with E-state index in [9.17, 15) is 0 Å². The van der Waals surface area contributed by atoms with Gasteiger partial charge in [-0.1, -0.05) is 49.4 Å². The number of nitrogens with zero attached hydrogens (tertiary/aromatic N) is 2. The maximum Gasteiger partial charge on any atom is 0.146 e. The third-order valence-corrected chi connectivity index (χ3v) is 5.01. The lowest BCUT2D eigenvalue weighted by Gasteiger charge is -2.31. The van der Waals surface area contributed by atoms with Crippen LogP contribution < -0.4 is 9.64 Å². The maximum atomic E-state index is 6.08. The number of benzene rings is 2. The van der Waals surface area contributed by atoms with Crippen LogP contribution in [0.2, 0.25) is 0 Å². The molecule has 2 aromatic carbocycles. The highest BCUT2D eigenvalue weighted by Crippen LogP contribution is 2.29. The van der Waals surface area contributed by atoms with Crippen molar-refractivity contribution < 1.29 is 4.74 Å². The molecular weight excluding hydrogens is 308 g/mol. The minimum atomic E-state index is 0.563. The molecule has 1 saturated heterocycles. The van der Waals surface area contributed by atoms with Crippen LogP contribution in [0.4, 0.5) is 5.82 Å². The first-order valence-corrected chi connectivity index (χ1v) is 9.11. The van der Waals surface area contributed by atoms with Crippen LogP contribution in [0.3, 0.4) is 0 Å². The Morgan fingerprint density at radius 3 is 2.56 bits per heavy atom. The Labute approximate surface area is 149 Å². The van der Waals surface area contributed by atoms with Gasteiger partial charge >= 0.3 is 0 Å². The summed E-state index contributed by atoms with van der Waals surface area (Å²) >= 11 is 0. The molecule has 0 saturated carbocycles. The molecule has 0 atom stereocenters. The SMILES string of the molecule is CC1CCN(c2ccc3cccc(OCc4ccccc4)c3n2)CC1. The van der Waals surface area contributed by atoms with Crippen LogP contribution in [-0.4, -0.2) is 18.1 Å². The van der Waals surface area contributed by atoms with Crippen molar-refractivity contribution in [3.05, 3.63) is 66.2 Å². The average Bonchev–Trinajstić information content (AvgIpc) is 2.67. The third kappa shape index (κ3) is 3.60. The van der Waals surface area contributed by atoms with Gasteiger partial charge in [0.15, 0.2) is 0 Å². The van der Waals surface area contributed by atoms with Gasteiger partial charge in [-0.2, -0.15) is 0 Å². The van der Waals surface area contributed by atoms with Crippen LogP contribution in [0.25, 0.3) is 10.9 Å². The fourth-order valence-electron chi connectivity index (χ4n) is 3.38. The molecule has 0 amide bonds. The van der Waals surface area contributed by atoms with Gasteiger partial charge in [0, 0.05) is 18.5 Å². The summed E-state index contributed by atoms with van der Waals surface area (Å²) in [5.41, 5.74) is 2.12. The molecule has 1 aliphatic heterocycles. The van der Waals surface area contributed by atoms with Crippen LogP contribution in [-0.2, 0) is 6.61 Å². The molecule has 1 aliphatic rings. The molecule has 25 heavy (non-hydrogen) atoms. The van der Waals surface area contributed by atoms with Gasteiger partial charge in [-0.05, 0) is 42.5 Å². The van der Waals surface area contributed by atoms with Gasteiger partial charge in [0.05, 0.1) is 0 Å². The number of rotatable bonds is 4. The molecule has 0 N–H and O–H groups in total. The third-order valence-electron chi connectivity index (χ3n) is 5.01. The van der Waals surface area contributed by atoms with E-state index in [2.05, 4.69) is 42.2 Å². The highest BCUT2D eigenvalue weighted by molar-refractivity contribution is 5.86. The predicted molar refractivity (Wildman–Crippen MR) is 103 cm³/mol. The number of para-hydroxylation sites is 1. The molecule has 0 bridgehead atoms. The molecule has 1 aromatic heterocycles. The van der Waals surface area contributed by atoms with Crippen molar-refractivity contribution in [2.24, 2.45) is 5.92 Å². The van der Waals surface area contributed by atoms with Crippen molar-refractivity contribution in [3.8, 4) is 5.75 Å². The zero-order chi connectivity index (χ0) is 17.1. The minimum Gasteiger partial charge on any atom is -0.487 e. The molecule has 2 heterocycles. The molecule has 0 aliphatic carbocycles. The number of anilines is 1. The van der Waals surface area contributed by atoms with E-state index in [1.807, 2.05) is 30.3 Å². The summed E-state index contributed by atoms with van der Waals surface area (Å²) in [6, 6.07) is 20.7. The number of hydrogen-bond acceptors (Lipinski definition) is 3. The number of pyridine rings is 1. The van der Waals surface area contributed by atoms with E-state index in [1.165, 1.54) is 18.4 Å². The van der Waals surface area contributed by atoms with E-state index in [1.54, 1.807) is 0 Å². The number of piperidine rings is 1. The Morgan fingerprint density at radius 1 is 0.960 bits per heavy atom. The number of aromatic nitrogens is 1. The number of fused-ring (bicyclic) bond motifs is 1. The second-order valence-electron chi connectivity index (χ2n) is 6.94. The first-order chi connectivity index (χ1) is 12.3. The first kappa shape index (κ1) is 15.9. The molecule has 0 spiro atoms. The highest BCUT2D eigenvalue weighted by atomic mass is 16.5. The lowest BCUT2D eigenvalue weighted by molar-refractivity contribution is 0.309. The largest absolute Gasteiger partial charge is 0.487 e. The Hall–Kier alpha value is -2.55. The second-order valence-corrected chi connectivity index (χ2v) is 6.94. The molecule has 1 fully saturated rings. The van der Waals surface area contributed by atoms with Crippen molar-refractivity contribution in [2.75, 3.05) is 18.0 Å². The van der Waals surface area contributed by atoms with Gasteiger partial charge in [0.25, 0.3) is 0 Å². The van der Waals surface area contributed by atoms with Crippen LogP contribution in [0.15, 0.2) is 60.7 Å². The quantitative estimate of drug-likeness (QED) is 0.668. The van der Waals surface area contributed by atoms with Gasteiger partial charge < -0.3 is 9.64 Å². The molecule has 3 nitrogen and oxygen atoms in total. The lowest BCUT2D eigenvalue weighted by atomic mass is 9.99.